The second-order valence-electron chi connectivity index (χ2n) is 6.78. The largest absolute Gasteiger partial charge is 0.433 e. The Bertz CT molecular complexity index is 1200. The first-order chi connectivity index (χ1) is 14.6. The van der Waals surface area contributed by atoms with E-state index in [0.29, 0.717) is 0 Å². The molecule has 0 saturated carbocycles. The molecule has 2 aromatic heterocycles. The molecule has 1 aliphatic rings. The molecule has 0 bridgehead atoms. The van der Waals surface area contributed by atoms with E-state index in [-0.39, 0.29) is 28.3 Å². The molecule has 0 spiro atoms. The first kappa shape index (κ1) is 20.4. The van der Waals surface area contributed by atoms with Crippen molar-refractivity contribution < 1.29 is 22.4 Å². The molecule has 0 radical (unpaired) electrons. The monoisotopic (exact) mass is 430 g/mol. The SMILES string of the molecule is CN1C(=O)C(c2ccnc(C(F)(F)F)c2)(c2ccc(F)c(-c3cccnn3)c2)N=C1N. The van der Waals surface area contributed by atoms with Crippen LogP contribution in [-0.4, -0.2) is 39.0 Å². The molecule has 0 saturated heterocycles. The molecule has 0 aliphatic carbocycles. The fraction of sp³-hybridized carbons (Fsp3) is 0.150. The van der Waals surface area contributed by atoms with E-state index in [4.69, 9.17) is 5.73 Å². The summed E-state index contributed by atoms with van der Waals surface area (Å²) in [6.45, 7) is 0. The minimum atomic E-state index is -4.74. The summed E-state index contributed by atoms with van der Waals surface area (Å²) in [5.41, 5.74) is 2.89. The first-order valence-electron chi connectivity index (χ1n) is 8.90. The lowest BCUT2D eigenvalue weighted by Gasteiger charge is -2.27. The summed E-state index contributed by atoms with van der Waals surface area (Å²) in [7, 11) is 1.35. The van der Waals surface area contributed by atoms with Crippen LogP contribution in [-0.2, 0) is 16.5 Å². The Labute approximate surface area is 173 Å². The highest BCUT2D eigenvalue weighted by Gasteiger charge is 2.50. The van der Waals surface area contributed by atoms with Crippen molar-refractivity contribution in [2.24, 2.45) is 10.7 Å². The van der Waals surface area contributed by atoms with Crippen LogP contribution in [0.2, 0.25) is 0 Å². The van der Waals surface area contributed by atoms with Gasteiger partial charge in [-0.05, 0) is 47.5 Å². The Morgan fingerprint density at radius 1 is 1.06 bits per heavy atom. The third-order valence-electron chi connectivity index (χ3n) is 4.94. The van der Waals surface area contributed by atoms with Crippen LogP contribution < -0.4 is 5.73 Å². The molecular weight excluding hydrogens is 416 g/mol. The van der Waals surface area contributed by atoms with Gasteiger partial charge in [0.15, 0.2) is 11.5 Å². The lowest BCUT2D eigenvalue weighted by molar-refractivity contribution is -0.141. The Kier molecular flexibility index (Phi) is 4.68. The topological polar surface area (TPSA) is 97.4 Å². The van der Waals surface area contributed by atoms with E-state index in [2.05, 4.69) is 20.2 Å². The Hall–Kier alpha value is -3.89. The molecule has 158 valence electrons. The quantitative estimate of drug-likeness (QED) is 0.645. The standard InChI is InChI=1S/C20H14F4N6O/c1-30-17(31)19(28-18(30)25,12-6-8-26-16(10-12)20(22,23)24)11-4-5-14(21)13(9-11)15-3-2-7-27-29-15/h2-10H,1H3,(H2,25,28). The fourth-order valence-electron chi connectivity index (χ4n) is 3.39. The average Bonchev–Trinajstić information content (AvgIpc) is 2.99. The molecule has 3 heterocycles. The van der Waals surface area contributed by atoms with Gasteiger partial charge < -0.3 is 5.73 Å². The van der Waals surface area contributed by atoms with Gasteiger partial charge in [-0.25, -0.2) is 9.38 Å². The molecule has 1 amide bonds. The van der Waals surface area contributed by atoms with Crippen molar-refractivity contribution in [2.75, 3.05) is 7.05 Å². The van der Waals surface area contributed by atoms with Crippen LogP contribution in [0.5, 0.6) is 0 Å². The molecule has 0 fully saturated rings. The Balaban J connectivity index is 1.99. The van der Waals surface area contributed by atoms with E-state index >= 15 is 0 Å². The normalized spacial score (nSPS) is 18.9. The summed E-state index contributed by atoms with van der Waals surface area (Å²) in [6, 6.07) is 8.71. The molecule has 4 rings (SSSR count). The number of pyridine rings is 1. The Morgan fingerprint density at radius 2 is 1.81 bits per heavy atom. The van der Waals surface area contributed by atoms with Crippen LogP contribution in [0, 0.1) is 5.82 Å². The third kappa shape index (κ3) is 3.27. The number of hydrogen-bond donors (Lipinski definition) is 1. The number of rotatable bonds is 3. The number of carbonyl (C=O) groups is 1. The van der Waals surface area contributed by atoms with E-state index in [0.717, 1.165) is 23.2 Å². The van der Waals surface area contributed by atoms with Crippen LogP contribution in [0.15, 0.2) is 59.9 Å². The van der Waals surface area contributed by atoms with Crippen molar-refractivity contribution in [1.82, 2.24) is 20.1 Å². The van der Waals surface area contributed by atoms with E-state index in [1.54, 1.807) is 6.07 Å². The maximum Gasteiger partial charge on any atom is 0.433 e. The number of aliphatic imine (C=N–C) groups is 1. The van der Waals surface area contributed by atoms with Gasteiger partial charge in [-0.1, -0.05) is 6.07 Å². The number of halogens is 4. The molecule has 1 unspecified atom stereocenters. The summed E-state index contributed by atoms with van der Waals surface area (Å²) in [5, 5.41) is 7.57. The van der Waals surface area contributed by atoms with Gasteiger partial charge in [0.1, 0.15) is 11.5 Å². The molecule has 2 N–H and O–H groups in total. The number of nitrogens with two attached hydrogens (primary N) is 1. The molecule has 31 heavy (non-hydrogen) atoms. The number of guanidine groups is 1. The van der Waals surface area contributed by atoms with Crippen LogP contribution in [0.4, 0.5) is 17.6 Å². The van der Waals surface area contributed by atoms with Gasteiger partial charge in [0, 0.05) is 25.0 Å². The molecule has 1 aliphatic heterocycles. The third-order valence-corrected chi connectivity index (χ3v) is 4.94. The van der Waals surface area contributed by atoms with Crippen molar-refractivity contribution in [2.45, 2.75) is 11.7 Å². The maximum atomic E-state index is 14.6. The number of carbonyl (C=O) groups excluding carboxylic acids is 1. The molecule has 1 aromatic carbocycles. The van der Waals surface area contributed by atoms with Crippen LogP contribution >= 0.6 is 0 Å². The summed E-state index contributed by atoms with van der Waals surface area (Å²) in [5.74, 6) is -1.54. The van der Waals surface area contributed by atoms with Gasteiger partial charge >= 0.3 is 6.18 Å². The van der Waals surface area contributed by atoms with Gasteiger partial charge in [0.25, 0.3) is 5.91 Å². The molecule has 3 aromatic rings. The lowest BCUT2D eigenvalue weighted by Crippen LogP contribution is -2.41. The molecule has 1 atom stereocenters. The highest BCUT2D eigenvalue weighted by molar-refractivity contribution is 6.09. The van der Waals surface area contributed by atoms with Gasteiger partial charge in [0.05, 0.1) is 5.69 Å². The van der Waals surface area contributed by atoms with Crippen molar-refractivity contribution in [3.8, 4) is 11.3 Å². The van der Waals surface area contributed by atoms with Crippen molar-refractivity contribution in [1.29, 1.82) is 0 Å². The summed E-state index contributed by atoms with van der Waals surface area (Å²) in [4.78, 5) is 21.8. The zero-order valence-electron chi connectivity index (χ0n) is 15.9. The average molecular weight is 430 g/mol. The number of amides is 1. The first-order valence-corrected chi connectivity index (χ1v) is 8.90. The Morgan fingerprint density at radius 3 is 2.42 bits per heavy atom. The zero-order valence-corrected chi connectivity index (χ0v) is 15.9. The number of nitrogens with zero attached hydrogens (tertiary/aromatic N) is 5. The molecule has 11 heteroatoms. The van der Waals surface area contributed by atoms with Gasteiger partial charge in [0.2, 0.25) is 0 Å². The summed E-state index contributed by atoms with van der Waals surface area (Å²) in [6.07, 6.45) is -2.40. The predicted octanol–water partition coefficient (Wildman–Crippen LogP) is 2.73. The predicted molar refractivity (Wildman–Crippen MR) is 102 cm³/mol. The number of hydrogen-bond acceptors (Lipinski definition) is 6. The van der Waals surface area contributed by atoms with Gasteiger partial charge in [-0.15, -0.1) is 0 Å². The van der Waals surface area contributed by atoms with E-state index in [1.165, 1.54) is 37.5 Å². The molecule has 7 nitrogen and oxygen atoms in total. The number of aromatic nitrogens is 3. The second-order valence-corrected chi connectivity index (χ2v) is 6.78. The van der Waals surface area contributed by atoms with Crippen molar-refractivity contribution in [3.05, 3.63) is 77.5 Å². The number of benzene rings is 1. The maximum absolute atomic E-state index is 14.6. The number of alkyl halides is 3. The van der Waals surface area contributed by atoms with E-state index in [9.17, 15) is 22.4 Å². The summed E-state index contributed by atoms with van der Waals surface area (Å²) >= 11 is 0. The van der Waals surface area contributed by atoms with Crippen LogP contribution in [0.3, 0.4) is 0 Å². The number of likely N-dealkylation sites (N-methyl/N-ethyl adjacent to an activating group) is 1. The minimum absolute atomic E-state index is 0.00574. The van der Waals surface area contributed by atoms with Crippen LogP contribution in [0.1, 0.15) is 16.8 Å². The lowest BCUT2D eigenvalue weighted by atomic mass is 9.82. The highest BCUT2D eigenvalue weighted by Crippen LogP contribution is 2.42. The molecular formula is C20H14F4N6O. The van der Waals surface area contributed by atoms with Crippen LogP contribution in [0.25, 0.3) is 11.3 Å². The van der Waals surface area contributed by atoms with Gasteiger partial charge in [-0.3, -0.25) is 14.7 Å². The summed E-state index contributed by atoms with van der Waals surface area (Å²) < 4.78 is 54.4. The van der Waals surface area contributed by atoms with Crippen molar-refractivity contribution >= 4 is 11.9 Å². The van der Waals surface area contributed by atoms with Gasteiger partial charge in [-0.2, -0.15) is 23.4 Å². The van der Waals surface area contributed by atoms with E-state index in [1.807, 2.05) is 0 Å². The van der Waals surface area contributed by atoms with E-state index < -0.39 is 29.1 Å². The highest BCUT2D eigenvalue weighted by atomic mass is 19.4. The second kappa shape index (κ2) is 7.11. The fourth-order valence-corrected chi connectivity index (χ4v) is 3.39. The minimum Gasteiger partial charge on any atom is -0.369 e. The zero-order chi connectivity index (χ0) is 22.4. The smallest absolute Gasteiger partial charge is 0.369 e. The van der Waals surface area contributed by atoms with Crippen molar-refractivity contribution in [3.63, 3.8) is 0 Å².